The summed E-state index contributed by atoms with van der Waals surface area (Å²) < 4.78 is 16.9. The lowest BCUT2D eigenvalue weighted by Crippen LogP contribution is -2.18. The fourth-order valence-corrected chi connectivity index (χ4v) is 4.10. The number of H-pyrrole nitrogens is 1. The second-order valence-electron chi connectivity index (χ2n) is 8.41. The van der Waals surface area contributed by atoms with Crippen LogP contribution >= 0.6 is 0 Å². The highest BCUT2D eigenvalue weighted by Crippen LogP contribution is 2.36. The molecule has 1 amide bonds. The zero-order valence-electron chi connectivity index (χ0n) is 21.0. The monoisotopic (exact) mass is 506 g/mol. The van der Waals surface area contributed by atoms with Gasteiger partial charge in [0, 0.05) is 0 Å². The Labute approximate surface area is 219 Å². The van der Waals surface area contributed by atoms with Gasteiger partial charge in [-0.15, -0.1) is 0 Å². The summed E-state index contributed by atoms with van der Waals surface area (Å²) in [5, 5.41) is 13.3. The van der Waals surface area contributed by atoms with Crippen LogP contribution in [0, 0.1) is 0 Å². The highest BCUT2D eigenvalue weighted by atomic mass is 16.5. The predicted molar refractivity (Wildman–Crippen MR) is 147 cm³/mol. The van der Waals surface area contributed by atoms with Crippen LogP contribution in [0.1, 0.15) is 21.6 Å². The van der Waals surface area contributed by atoms with E-state index in [-0.39, 0.29) is 5.69 Å². The summed E-state index contributed by atoms with van der Waals surface area (Å²) in [5.41, 5.74) is 6.00. The Balaban J connectivity index is 1.29. The molecule has 0 aliphatic carbocycles. The number of nitrogens with one attached hydrogen (secondary N) is 2. The van der Waals surface area contributed by atoms with Gasteiger partial charge in [0.1, 0.15) is 18.1 Å². The summed E-state index contributed by atoms with van der Waals surface area (Å²) in [6, 6.07) is 28.8. The molecular formula is C30H26N4O4. The van der Waals surface area contributed by atoms with Crippen LogP contribution in [0.15, 0.2) is 96.1 Å². The number of nitrogens with zero attached hydrogens (tertiary/aromatic N) is 2. The molecule has 0 aliphatic heterocycles. The molecule has 4 aromatic carbocycles. The minimum Gasteiger partial charge on any atom is -0.496 e. The van der Waals surface area contributed by atoms with Crippen LogP contribution in [0.5, 0.6) is 17.2 Å². The van der Waals surface area contributed by atoms with E-state index in [1.54, 1.807) is 32.4 Å². The molecule has 8 heteroatoms. The average molecular weight is 507 g/mol. The maximum atomic E-state index is 12.8. The summed E-state index contributed by atoms with van der Waals surface area (Å²) >= 11 is 0. The molecule has 0 saturated heterocycles. The molecule has 1 aromatic heterocycles. The largest absolute Gasteiger partial charge is 0.496 e. The van der Waals surface area contributed by atoms with Crippen molar-refractivity contribution in [2.24, 2.45) is 5.10 Å². The number of aromatic amines is 1. The third-order valence-corrected chi connectivity index (χ3v) is 5.99. The molecule has 2 N–H and O–H groups in total. The summed E-state index contributed by atoms with van der Waals surface area (Å²) in [6.45, 7) is 0.401. The molecule has 190 valence electrons. The lowest BCUT2D eigenvalue weighted by atomic mass is 10.0. The number of methoxy groups -OCH3 is 2. The fourth-order valence-electron chi connectivity index (χ4n) is 4.10. The number of hydrogen-bond acceptors (Lipinski definition) is 6. The van der Waals surface area contributed by atoms with Crippen LogP contribution < -0.4 is 19.6 Å². The van der Waals surface area contributed by atoms with Gasteiger partial charge in [-0.1, -0.05) is 60.7 Å². The van der Waals surface area contributed by atoms with E-state index in [4.69, 9.17) is 14.2 Å². The Morgan fingerprint density at radius 2 is 1.66 bits per heavy atom. The summed E-state index contributed by atoms with van der Waals surface area (Å²) in [7, 11) is 3.20. The van der Waals surface area contributed by atoms with E-state index < -0.39 is 5.91 Å². The number of hydrazone groups is 1. The third-order valence-electron chi connectivity index (χ3n) is 5.99. The van der Waals surface area contributed by atoms with Gasteiger partial charge in [-0.2, -0.15) is 10.2 Å². The maximum absolute atomic E-state index is 12.8. The maximum Gasteiger partial charge on any atom is 0.289 e. The van der Waals surface area contributed by atoms with E-state index in [2.05, 4.69) is 20.7 Å². The highest BCUT2D eigenvalue weighted by molar-refractivity contribution is 6.00. The van der Waals surface area contributed by atoms with E-state index in [9.17, 15) is 4.79 Å². The molecule has 0 spiro atoms. The lowest BCUT2D eigenvalue weighted by Gasteiger charge is -2.11. The van der Waals surface area contributed by atoms with Crippen molar-refractivity contribution in [3.8, 4) is 28.5 Å². The average Bonchev–Trinajstić information content (AvgIpc) is 3.46. The number of fused-ring (bicyclic) bond motifs is 1. The first-order chi connectivity index (χ1) is 18.7. The molecule has 5 rings (SSSR count). The van der Waals surface area contributed by atoms with Crippen molar-refractivity contribution in [1.82, 2.24) is 15.6 Å². The molecule has 0 radical (unpaired) electrons. The minimum absolute atomic E-state index is 0.272. The van der Waals surface area contributed by atoms with E-state index >= 15 is 0 Å². The lowest BCUT2D eigenvalue weighted by molar-refractivity contribution is 0.0950. The standard InChI is InChI=1S/C30H26N4O4/c1-36-26-14-12-21(16-28(26)38-19-20-8-4-3-5-9-20)18-31-34-30(35)25-17-24(32-33-25)29-23-11-7-6-10-22(23)13-15-27(29)37-2/h3-18H,19H2,1-2H3,(H,32,33)(H,34,35)/b31-18-. The van der Waals surface area contributed by atoms with E-state index in [1.165, 1.54) is 6.21 Å². The van der Waals surface area contributed by atoms with E-state index in [0.717, 1.165) is 27.5 Å². The Morgan fingerprint density at radius 1 is 0.895 bits per heavy atom. The molecule has 1 heterocycles. The van der Waals surface area contributed by atoms with Gasteiger partial charge in [-0.3, -0.25) is 9.89 Å². The first-order valence-corrected chi connectivity index (χ1v) is 12.0. The van der Waals surface area contributed by atoms with Crippen LogP contribution in [0.25, 0.3) is 22.0 Å². The topological polar surface area (TPSA) is 97.8 Å². The Bertz CT molecular complexity index is 1600. The van der Waals surface area contributed by atoms with Crippen LogP contribution in [0.3, 0.4) is 0 Å². The fraction of sp³-hybridized carbons (Fsp3) is 0.100. The molecule has 5 aromatic rings. The van der Waals surface area contributed by atoms with Crippen LogP contribution in [0.4, 0.5) is 0 Å². The molecule has 38 heavy (non-hydrogen) atoms. The molecule has 0 bridgehead atoms. The van der Waals surface area contributed by atoms with Crippen molar-refractivity contribution in [3.63, 3.8) is 0 Å². The van der Waals surface area contributed by atoms with Crippen molar-refractivity contribution in [3.05, 3.63) is 108 Å². The Hall–Kier alpha value is -5.11. The van der Waals surface area contributed by atoms with Gasteiger partial charge < -0.3 is 14.2 Å². The van der Waals surface area contributed by atoms with Gasteiger partial charge in [0.05, 0.1) is 31.7 Å². The SMILES string of the molecule is COc1ccc(/C=N\NC(=O)c2cc(-c3c(OC)ccc4ccccc34)n[nH]2)cc1OCc1ccccc1. The number of carbonyl (C=O) groups is 1. The Morgan fingerprint density at radius 3 is 2.47 bits per heavy atom. The smallest absolute Gasteiger partial charge is 0.289 e. The number of benzene rings is 4. The zero-order chi connectivity index (χ0) is 26.3. The number of amides is 1. The molecule has 0 atom stereocenters. The first-order valence-electron chi connectivity index (χ1n) is 12.0. The highest BCUT2D eigenvalue weighted by Gasteiger charge is 2.16. The van der Waals surface area contributed by atoms with Gasteiger partial charge in [-0.25, -0.2) is 5.43 Å². The van der Waals surface area contributed by atoms with Crippen molar-refractivity contribution in [2.75, 3.05) is 14.2 Å². The molecule has 0 saturated carbocycles. The van der Waals surface area contributed by atoms with Crippen molar-refractivity contribution in [1.29, 1.82) is 0 Å². The molecule has 0 aliphatic rings. The van der Waals surface area contributed by atoms with Gasteiger partial charge in [-0.05, 0) is 52.2 Å². The summed E-state index contributed by atoms with van der Waals surface area (Å²) in [5.74, 6) is 1.43. The van der Waals surface area contributed by atoms with Crippen LogP contribution in [0.2, 0.25) is 0 Å². The van der Waals surface area contributed by atoms with Gasteiger partial charge in [0.25, 0.3) is 5.91 Å². The van der Waals surface area contributed by atoms with Crippen LogP contribution in [-0.4, -0.2) is 36.5 Å². The number of rotatable bonds is 9. The van der Waals surface area contributed by atoms with Gasteiger partial charge in [0.15, 0.2) is 11.5 Å². The number of carbonyl (C=O) groups excluding carboxylic acids is 1. The normalized spacial score (nSPS) is 11.0. The predicted octanol–water partition coefficient (Wildman–Crippen LogP) is 5.59. The Kier molecular flexibility index (Phi) is 7.31. The van der Waals surface area contributed by atoms with Crippen molar-refractivity contribution >= 4 is 22.9 Å². The van der Waals surface area contributed by atoms with E-state index in [0.29, 0.717) is 29.5 Å². The third kappa shape index (κ3) is 5.34. The number of ether oxygens (including phenoxy) is 3. The second kappa shape index (κ2) is 11.3. The summed E-state index contributed by atoms with van der Waals surface area (Å²) in [6.07, 6.45) is 1.54. The van der Waals surface area contributed by atoms with Gasteiger partial charge >= 0.3 is 0 Å². The first kappa shape index (κ1) is 24.6. The summed E-state index contributed by atoms with van der Waals surface area (Å²) in [4.78, 5) is 12.8. The molecule has 8 nitrogen and oxygen atoms in total. The second-order valence-corrected chi connectivity index (χ2v) is 8.41. The van der Waals surface area contributed by atoms with Crippen molar-refractivity contribution < 1.29 is 19.0 Å². The number of hydrogen-bond donors (Lipinski definition) is 2. The zero-order valence-corrected chi connectivity index (χ0v) is 21.0. The molecule has 0 fully saturated rings. The molecule has 0 unspecified atom stereocenters. The quantitative estimate of drug-likeness (QED) is 0.201. The molecular weight excluding hydrogens is 480 g/mol. The van der Waals surface area contributed by atoms with E-state index in [1.807, 2.05) is 72.8 Å². The minimum atomic E-state index is -0.423. The van der Waals surface area contributed by atoms with Crippen LogP contribution in [-0.2, 0) is 6.61 Å². The van der Waals surface area contributed by atoms with Gasteiger partial charge in [0.2, 0.25) is 0 Å². The van der Waals surface area contributed by atoms with Crippen molar-refractivity contribution in [2.45, 2.75) is 6.61 Å². The number of aromatic nitrogens is 2.